The van der Waals surface area contributed by atoms with Gasteiger partial charge in [0.2, 0.25) is 5.95 Å². The van der Waals surface area contributed by atoms with E-state index in [-0.39, 0.29) is 6.61 Å². The van der Waals surface area contributed by atoms with Crippen molar-refractivity contribution in [2.45, 2.75) is 26.9 Å². The summed E-state index contributed by atoms with van der Waals surface area (Å²) in [7, 11) is 0. The molecule has 0 atom stereocenters. The van der Waals surface area contributed by atoms with E-state index in [4.69, 9.17) is 15.2 Å². The number of rotatable bonds is 9. The number of halogens is 1. The highest BCUT2D eigenvalue weighted by Crippen LogP contribution is 2.37. The third-order valence-electron chi connectivity index (χ3n) is 3.01. The molecule has 0 aliphatic carbocycles. The number of hydrogen-bond donors (Lipinski definition) is 2. The number of nitrogens with zero attached hydrogens (tertiary/aromatic N) is 4. The van der Waals surface area contributed by atoms with Gasteiger partial charge in [-0.05, 0) is 57.9 Å². The highest BCUT2D eigenvalue weighted by atomic mass is 79.9. The molecule has 9 nitrogen and oxygen atoms in total. The highest BCUT2D eigenvalue weighted by Gasteiger charge is 2.14. The van der Waals surface area contributed by atoms with Gasteiger partial charge in [-0.25, -0.2) is 4.68 Å². The molecule has 0 fully saturated rings. The van der Waals surface area contributed by atoms with Gasteiger partial charge in [-0.15, -0.1) is 0 Å². The van der Waals surface area contributed by atoms with Crippen molar-refractivity contribution in [1.29, 1.82) is 0 Å². The Labute approximate surface area is 147 Å². The fourth-order valence-electron chi connectivity index (χ4n) is 2.00. The van der Waals surface area contributed by atoms with Crippen molar-refractivity contribution in [3.8, 4) is 11.5 Å². The van der Waals surface area contributed by atoms with Gasteiger partial charge in [0.05, 0.1) is 11.1 Å². The summed E-state index contributed by atoms with van der Waals surface area (Å²) in [6.07, 6.45) is 0. The predicted molar refractivity (Wildman–Crippen MR) is 90.8 cm³/mol. The molecular weight excluding hydrogens is 380 g/mol. The molecule has 2 aromatic rings. The normalized spacial score (nSPS) is 10.5. The molecule has 0 aliphatic rings. The molecule has 0 saturated carbocycles. The highest BCUT2D eigenvalue weighted by molar-refractivity contribution is 9.10. The first-order chi connectivity index (χ1) is 11.5. The summed E-state index contributed by atoms with van der Waals surface area (Å²) in [6.45, 7) is 5.23. The fourth-order valence-corrected chi connectivity index (χ4v) is 2.60. The molecule has 10 heteroatoms. The molecular formula is C14H19BrN6O3. The molecule has 0 spiro atoms. The summed E-state index contributed by atoms with van der Waals surface area (Å²) in [6, 6.07) is 3.70. The second-order valence-corrected chi connectivity index (χ2v) is 5.62. The molecule has 130 valence electrons. The first-order valence-electron chi connectivity index (χ1n) is 7.41. The number of aryl methyl sites for hydroxylation is 1. The molecule has 0 saturated heterocycles. The van der Waals surface area contributed by atoms with E-state index in [1.54, 1.807) is 4.68 Å². The van der Waals surface area contributed by atoms with Gasteiger partial charge in [0.1, 0.15) is 0 Å². The maximum Gasteiger partial charge on any atom is 0.255 e. The third-order valence-corrected chi connectivity index (χ3v) is 3.60. The zero-order valence-corrected chi connectivity index (χ0v) is 15.0. The number of amides is 1. The van der Waals surface area contributed by atoms with Gasteiger partial charge in [0, 0.05) is 13.1 Å². The lowest BCUT2D eigenvalue weighted by atomic mass is 10.2. The van der Waals surface area contributed by atoms with E-state index in [0.717, 1.165) is 5.56 Å². The number of hydrogen-bond acceptors (Lipinski definition) is 7. The number of anilines is 1. The van der Waals surface area contributed by atoms with E-state index in [1.807, 2.05) is 26.0 Å². The molecule has 24 heavy (non-hydrogen) atoms. The van der Waals surface area contributed by atoms with Gasteiger partial charge in [-0.1, -0.05) is 5.10 Å². The molecule has 1 amide bonds. The van der Waals surface area contributed by atoms with Gasteiger partial charge < -0.3 is 20.5 Å². The van der Waals surface area contributed by atoms with Crippen molar-refractivity contribution >= 4 is 27.8 Å². The third kappa shape index (κ3) is 4.57. The zero-order valence-electron chi connectivity index (χ0n) is 13.5. The lowest BCUT2D eigenvalue weighted by Crippen LogP contribution is -2.20. The van der Waals surface area contributed by atoms with Crippen molar-refractivity contribution in [3.63, 3.8) is 0 Å². The number of primary amides is 1. The summed E-state index contributed by atoms with van der Waals surface area (Å²) < 4.78 is 13.3. The van der Waals surface area contributed by atoms with Crippen LogP contribution in [0.5, 0.6) is 11.5 Å². The van der Waals surface area contributed by atoms with Crippen molar-refractivity contribution in [3.05, 3.63) is 22.2 Å². The number of carbonyl (C=O) groups excluding carboxylic acids is 1. The van der Waals surface area contributed by atoms with Crippen LogP contribution in [0.4, 0.5) is 5.95 Å². The molecule has 0 unspecified atom stereocenters. The summed E-state index contributed by atoms with van der Waals surface area (Å²) in [4.78, 5) is 10.9. The largest absolute Gasteiger partial charge is 0.490 e. The number of ether oxygens (including phenoxy) is 2. The summed E-state index contributed by atoms with van der Waals surface area (Å²) >= 11 is 3.43. The second kappa shape index (κ2) is 8.48. The monoisotopic (exact) mass is 398 g/mol. The van der Waals surface area contributed by atoms with E-state index in [9.17, 15) is 4.79 Å². The average Bonchev–Trinajstić information content (AvgIpc) is 2.99. The Morgan fingerprint density at radius 1 is 1.38 bits per heavy atom. The predicted octanol–water partition coefficient (Wildman–Crippen LogP) is 1.33. The lowest BCUT2D eigenvalue weighted by molar-refractivity contribution is -0.119. The van der Waals surface area contributed by atoms with Crippen molar-refractivity contribution in [1.82, 2.24) is 20.2 Å². The quantitative estimate of drug-likeness (QED) is 0.653. The SMILES string of the molecule is CCOc1cc(CNc2nnnn2CC)cc(Br)c1OCC(N)=O. The van der Waals surface area contributed by atoms with Crippen LogP contribution in [0, 0.1) is 0 Å². The zero-order chi connectivity index (χ0) is 17.5. The minimum Gasteiger partial charge on any atom is -0.490 e. The van der Waals surface area contributed by atoms with E-state index in [2.05, 4.69) is 36.8 Å². The molecule has 1 aromatic heterocycles. The molecule has 0 radical (unpaired) electrons. The summed E-state index contributed by atoms with van der Waals surface area (Å²) in [5.74, 6) is 1.000. The first kappa shape index (κ1) is 18.0. The topological polar surface area (TPSA) is 117 Å². The molecule has 3 N–H and O–H groups in total. The summed E-state index contributed by atoms with van der Waals surface area (Å²) in [5, 5.41) is 14.6. The maximum absolute atomic E-state index is 10.9. The number of nitrogens with two attached hydrogens (primary N) is 1. The van der Waals surface area contributed by atoms with Crippen LogP contribution in [0.1, 0.15) is 19.4 Å². The first-order valence-corrected chi connectivity index (χ1v) is 8.20. The standard InChI is InChI=1S/C14H19BrN6O3/c1-3-21-14(18-19-20-21)17-7-9-5-10(15)13(24-8-12(16)22)11(6-9)23-4-2/h5-6H,3-4,7-8H2,1-2H3,(H2,16,22)(H,17,18,20). The van der Waals surface area contributed by atoms with Crippen LogP contribution in [-0.2, 0) is 17.9 Å². The van der Waals surface area contributed by atoms with Crippen molar-refractivity contribution < 1.29 is 14.3 Å². The van der Waals surface area contributed by atoms with Gasteiger partial charge in [-0.3, -0.25) is 4.79 Å². The Hall–Kier alpha value is -2.36. The van der Waals surface area contributed by atoms with Crippen molar-refractivity contribution in [2.24, 2.45) is 5.73 Å². The van der Waals surface area contributed by atoms with Crippen LogP contribution in [0.25, 0.3) is 0 Å². The van der Waals surface area contributed by atoms with Gasteiger partial charge in [0.25, 0.3) is 5.91 Å². The van der Waals surface area contributed by atoms with E-state index in [1.165, 1.54) is 0 Å². The van der Waals surface area contributed by atoms with E-state index >= 15 is 0 Å². The molecule has 1 heterocycles. The Bertz CT molecular complexity index is 706. The van der Waals surface area contributed by atoms with Crippen LogP contribution < -0.4 is 20.5 Å². The van der Waals surface area contributed by atoms with Crippen LogP contribution in [0.3, 0.4) is 0 Å². The Balaban J connectivity index is 2.17. The smallest absolute Gasteiger partial charge is 0.255 e. The number of benzene rings is 1. The number of nitrogens with one attached hydrogen (secondary N) is 1. The summed E-state index contributed by atoms with van der Waals surface area (Å²) in [5.41, 5.74) is 6.06. The fraction of sp³-hybridized carbons (Fsp3) is 0.429. The Kier molecular flexibility index (Phi) is 6.36. The van der Waals surface area contributed by atoms with E-state index in [0.29, 0.717) is 41.6 Å². The number of carbonyl (C=O) groups is 1. The average molecular weight is 399 g/mol. The molecule has 1 aromatic carbocycles. The Morgan fingerprint density at radius 3 is 2.83 bits per heavy atom. The lowest BCUT2D eigenvalue weighted by Gasteiger charge is -2.15. The minimum absolute atomic E-state index is 0.221. The molecule has 2 rings (SSSR count). The van der Waals surface area contributed by atoms with Gasteiger partial charge in [-0.2, -0.15) is 0 Å². The van der Waals surface area contributed by atoms with Crippen molar-refractivity contribution in [2.75, 3.05) is 18.5 Å². The minimum atomic E-state index is -0.554. The van der Waals surface area contributed by atoms with Crippen LogP contribution >= 0.6 is 15.9 Å². The second-order valence-electron chi connectivity index (χ2n) is 4.76. The maximum atomic E-state index is 10.9. The van der Waals surface area contributed by atoms with E-state index < -0.39 is 5.91 Å². The van der Waals surface area contributed by atoms with Gasteiger partial charge in [0.15, 0.2) is 18.1 Å². The molecule has 0 aliphatic heterocycles. The van der Waals surface area contributed by atoms with Crippen LogP contribution in [0.2, 0.25) is 0 Å². The number of aromatic nitrogens is 4. The number of tetrazole rings is 1. The Morgan fingerprint density at radius 2 is 2.17 bits per heavy atom. The van der Waals surface area contributed by atoms with Crippen LogP contribution in [0.15, 0.2) is 16.6 Å². The van der Waals surface area contributed by atoms with Crippen LogP contribution in [-0.4, -0.2) is 39.3 Å². The molecule has 0 bridgehead atoms. The van der Waals surface area contributed by atoms with Gasteiger partial charge >= 0.3 is 0 Å².